The van der Waals surface area contributed by atoms with Gasteiger partial charge in [0.25, 0.3) is 0 Å². The molecule has 1 N–H and O–H groups in total. The number of halogens is 6. The monoisotopic (exact) mass is 560 g/mol. The Bertz CT molecular complexity index is 1450. The van der Waals surface area contributed by atoms with Crippen LogP contribution in [-0.4, -0.2) is 25.2 Å². The Hall–Kier alpha value is -2.66. The van der Waals surface area contributed by atoms with Crippen molar-refractivity contribution >= 4 is 44.8 Å². The Labute approximate surface area is 214 Å². The third-order valence-corrected chi connectivity index (χ3v) is 8.40. The Morgan fingerprint density at radius 3 is 2.42 bits per heavy atom. The van der Waals surface area contributed by atoms with Crippen molar-refractivity contribution in [1.82, 2.24) is 4.31 Å². The quantitative estimate of drug-likeness (QED) is 0.384. The van der Waals surface area contributed by atoms with Gasteiger partial charge in [0.15, 0.2) is 0 Å². The molecule has 0 aliphatic carbocycles. The van der Waals surface area contributed by atoms with Crippen molar-refractivity contribution in [2.24, 2.45) is 0 Å². The second kappa shape index (κ2) is 10.0. The third-order valence-electron chi connectivity index (χ3n) is 5.74. The number of hydrogen-bond acceptors (Lipinski definition) is 3. The molecule has 4 rings (SSSR count). The van der Waals surface area contributed by atoms with Gasteiger partial charge in [-0.2, -0.15) is 17.5 Å². The van der Waals surface area contributed by atoms with Gasteiger partial charge in [-0.05, 0) is 53.4 Å². The molecule has 0 saturated carbocycles. The maximum absolute atomic E-state index is 13.9. The van der Waals surface area contributed by atoms with Gasteiger partial charge in [-0.1, -0.05) is 47.5 Å². The second-order valence-corrected chi connectivity index (χ2v) is 10.8. The summed E-state index contributed by atoms with van der Waals surface area (Å²) in [5, 5.41) is 2.96. The average molecular weight is 561 g/mol. The predicted octanol–water partition coefficient (Wildman–Crippen LogP) is 6.08. The van der Waals surface area contributed by atoms with Crippen LogP contribution in [-0.2, 0) is 40.4 Å². The Kier molecular flexibility index (Phi) is 7.34. The lowest BCUT2D eigenvalue weighted by Gasteiger charge is -2.30. The molecule has 0 spiro atoms. The largest absolute Gasteiger partial charge is 0.419 e. The molecule has 1 aliphatic rings. The molecule has 36 heavy (non-hydrogen) atoms. The number of nitrogens with zero attached hydrogens (tertiary/aromatic N) is 1. The maximum Gasteiger partial charge on any atom is 0.419 e. The van der Waals surface area contributed by atoms with E-state index in [1.54, 1.807) is 18.2 Å². The molecule has 0 saturated heterocycles. The number of carbonyl (C=O) groups excluding carboxylic acids is 1. The number of carbonyl (C=O) groups is 1. The van der Waals surface area contributed by atoms with Gasteiger partial charge in [-0.15, -0.1) is 0 Å². The van der Waals surface area contributed by atoms with E-state index in [2.05, 4.69) is 5.32 Å². The van der Waals surface area contributed by atoms with E-state index >= 15 is 0 Å². The van der Waals surface area contributed by atoms with Crippen LogP contribution in [0.25, 0.3) is 0 Å². The zero-order valence-corrected chi connectivity index (χ0v) is 20.7. The molecule has 0 aromatic heterocycles. The molecule has 12 heteroatoms. The first-order valence-corrected chi connectivity index (χ1v) is 12.8. The van der Waals surface area contributed by atoms with E-state index in [1.165, 1.54) is 22.5 Å². The summed E-state index contributed by atoms with van der Waals surface area (Å²) < 4.78 is 79.7. The van der Waals surface area contributed by atoms with Crippen molar-refractivity contribution in [1.29, 1.82) is 0 Å². The normalized spacial score (nSPS) is 14.4. The molecule has 0 bridgehead atoms. The zero-order valence-electron chi connectivity index (χ0n) is 18.4. The Morgan fingerprint density at radius 1 is 1.03 bits per heavy atom. The standard InChI is InChI=1S/C24H18Cl2F4N2O3S/c25-18-3-1-2-4-21(18)36(34,35)32-10-9-16-15(13-32)6-8-19(26)23(16)31-22(33)12-14-5-7-17(20(27)11-14)24(28,29)30/h1-8,11H,9-10,12-13H2,(H,31,33). The number of anilines is 1. The molecule has 1 heterocycles. The Balaban J connectivity index is 1.54. The van der Waals surface area contributed by atoms with Crippen LogP contribution in [0.3, 0.4) is 0 Å². The van der Waals surface area contributed by atoms with Crippen molar-refractivity contribution in [2.75, 3.05) is 11.9 Å². The van der Waals surface area contributed by atoms with Gasteiger partial charge in [0, 0.05) is 13.1 Å². The molecule has 3 aromatic rings. The van der Waals surface area contributed by atoms with Crippen LogP contribution in [0, 0.1) is 5.82 Å². The molecule has 1 amide bonds. The molecule has 3 aromatic carbocycles. The lowest BCUT2D eigenvalue weighted by atomic mass is 9.98. The number of sulfonamides is 1. The zero-order chi connectivity index (χ0) is 26.3. The van der Waals surface area contributed by atoms with Gasteiger partial charge in [0.2, 0.25) is 15.9 Å². The number of nitrogens with one attached hydrogen (secondary N) is 1. The third kappa shape index (κ3) is 5.36. The van der Waals surface area contributed by atoms with Crippen LogP contribution in [0.5, 0.6) is 0 Å². The molecule has 190 valence electrons. The first-order valence-electron chi connectivity index (χ1n) is 10.6. The molecule has 0 fully saturated rings. The predicted molar refractivity (Wildman–Crippen MR) is 128 cm³/mol. The van der Waals surface area contributed by atoms with Crippen molar-refractivity contribution in [3.63, 3.8) is 0 Å². The molecule has 0 unspecified atom stereocenters. The summed E-state index contributed by atoms with van der Waals surface area (Å²) in [6, 6.07) is 11.6. The molecular weight excluding hydrogens is 543 g/mol. The number of hydrogen-bond donors (Lipinski definition) is 1. The lowest BCUT2D eigenvalue weighted by Crippen LogP contribution is -2.36. The highest BCUT2D eigenvalue weighted by Crippen LogP contribution is 2.36. The van der Waals surface area contributed by atoms with E-state index in [4.69, 9.17) is 23.2 Å². The summed E-state index contributed by atoms with van der Waals surface area (Å²) in [6.45, 7) is 0.126. The Morgan fingerprint density at radius 2 is 1.75 bits per heavy atom. The summed E-state index contributed by atoms with van der Waals surface area (Å²) in [5.41, 5.74) is 0.178. The lowest BCUT2D eigenvalue weighted by molar-refractivity contribution is -0.140. The number of amides is 1. The number of alkyl halides is 3. The van der Waals surface area contributed by atoms with Gasteiger partial charge in [0.1, 0.15) is 10.7 Å². The van der Waals surface area contributed by atoms with Gasteiger partial charge in [0.05, 0.1) is 27.7 Å². The van der Waals surface area contributed by atoms with Crippen LogP contribution in [0.1, 0.15) is 22.3 Å². The van der Waals surface area contributed by atoms with Crippen LogP contribution < -0.4 is 5.32 Å². The first-order chi connectivity index (χ1) is 16.9. The average Bonchev–Trinajstić information content (AvgIpc) is 2.80. The molecule has 0 atom stereocenters. The summed E-state index contributed by atoms with van der Waals surface area (Å²) >= 11 is 12.4. The van der Waals surface area contributed by atoms with Gasteiger partial charge < -0.3 is 5.32 Å². The van der Waals surface area contributed by atoms with Crippen LogP contribution in [0.2, 0.25) is 10.0 Å². The highest BCUT2D eigenvalue weighted by molar-refractivity contribution is 7.89. The summed E-state index contributed by atoms with van der Waals surface area (Å²) in [4.78, 5) is 12.6. The van der Waals surface area contributed by atoms with Crippen molar-refractivity contribution < 1.29 is 30.8 Å². The molecule has 5 nitrogen and oxygen atoms in total. The van der Waals surface area contributed by atoms with E-state index in [9.17, 15) is 30.8 Å². The fourth-order valence-electron chi connectivity index (χ4n) is 4.00. The molecule has 1 aliphatic heterocycles. The number of fused-ring (bicyclic) bond motifs is 1. The SMILES string of the molecule is O=C(Cc1ccc(C(F)(F)F)c(F)c1)Nc1c(Cl)ccc2c1CCN(S(=O)(=O)c1ccccc1Cl)C2. The van der Waals surface area contributed by atoms with Crippen LogP contribution >= 0.6 is 23.2 Å². The van der Waals surface area contributed by atoms with Gasteiger partial charge >= 0.3 is 6.18 Å². The van der Waals surface area contributed by atoms with Gasteiger partial charge in [-0.25, -0.2) is 12.8 Å². The molecular formula is C24H18Cl2F4N2O3S. The second-order valence-electron chi connectivity index (χ2n) is 8.12. The van der Waals surface area contributed by atoms with E-state index in [0.717, 1.165) is 6.07 Å². The van der Waals surface area contributed by atoms with E-state index in [0.29, 0.717) is 23.3 Å². The fourth-order valence-corrected chi connectivity index (χ4v) is 6.14. The van der Waals surface area contributed by atoms with Gasteiger partial charge in [-0.3, -0.25) is 4.79 Å². The number of benzene rings is 3. The van der Waals surface area contributed by atoms with E-state index in [-0.39, 0.29) is 52.1 Å². The number of rotatable bonds is 5. The minimum Gasteiger partial charge on any atom is -0.324 e. The van der Waals surface area contributed by atoms with E-state index in [1.807, 2.05) is 0 Å². The van der Waals surface area contributed by atoms with Crippen molar-refractivity contribution in [3.8, 4) is 0 Å². The highest BCUT2D eigenvalue weighted by Gasteiger charge is 2.34. The minimum atomic E-state index is -4.84. The van der Waals surface area contributed by atoms with Crippen molar-refractivity contribution in [3.05, 3.63) is 92.7 Å². The van der Waals surface area contributed by atoms with E-state index < -0.39 is 33.5 Å². The first kappa shape index (κ1) is 26.4. The summed E-state index contributed by atoms with van der Waals surface area (Å²) in [5.74, 6) is -2.08. The smallest absolute Gasteiger partial charge is 0.324 e. The minimum absolute atomic E-state index is 0.0126. The summed E-state index contributed by atoms with van der Waals surface area (Å²) in [6.07, 6.45) is -4.99. The highest BCUT2D eigenvalue weighted by atomic mass is 35.5. The van der Waals surface area contributed by atoms with Crippen LogP contribution in [0.15, 0.2) is 59.5 Å². The topological polar surface area (TPSA) is 66.5 Å². The summed E-state index contributed by atoms with van der Waals surface area (Å²) in [7, 11) is -3.87. The maximum atomic E-state index is 13.9. The fraction of sp³-hybridized carbons (Fsp3) is 0.208. The van der Waals surface area contributed by atoms with Crippen LogP contribution in [0.4, 0.5) is 23.2 Å². The van der Waals surface area contributed by atoms with Crippen molar-refractivity contribution in [2.45, 2.75) is 30.5 Å². The molecule has 0 radical (unpaired) electrons.